The number of carbonyl (C=O) groups excluding carboxylic acids is 1. The predicted molar refractivity (Wildman–Crippen MR) is 128 cm³/mol. The number of fused-ring (bicyclic) bond motifs is 2. The Balaban J connectivity index is 1.48. The van der Waals surface area contributed by atoms with Gasteiger partial charge >= 0.3 is 0 Å². The average molecular weight is 435 g/mol. The van der Waals surface area contributed by atoms with Gasteiger partial charge in [0.1, 0.15) is 5.75 Å². The van der Waals surface area contributed by atoms with Crippen LogP contribution in [0, 0.1) is 10.8 Å². The Morgan fingerprint density at radius 2 is 1.75 bits per heavy atom. The number of aromatic nitrogens is 2. The lowest BCUT2D eigenvalue weighted by molar-refractivity contribution is -0.123. The molecule has 2 aliphatic rings. The van der Waals surface area contributed by atoms with Crippen molar-refractivity contribution in [3.05, 3.63) is 42.0 Å². The molecule has 2 aliphatic carbocycles. The van der Waals surface area contributed by atoms with E-state index in [9.17, 15) is 9.90 Å². The molecule has 170 valence electrons. The zero-order valence-corrected chi connectivity index (χ0v) is 19.8. The molecule has 2 aromatic rings. The van der Waals surface area contributed by atoms with Crippen LogP contribution in [0.1, 0.15) is 51.5 Å². The van der Waals surface area contributed by atoms with E-state index >= 15 is 0 Å². The SMILES string of the molecule is CN(C)C(=O)/C=C/c1ccc(-c2ccc(N(C)C3C[C@]4(C)CC[C@](C)(C3)C4)nn2)c(O)c1. The number of hydrogen-bond donors (Lipinski definition) is 1. The third-order valence-corrected chi connectivity index (χ3v) is 7.36. The lowest BCUT2D eigenvalue weighted by Gasteiger charge is -2.44. The Bertz CT molecular complexity index is 1010. The van der Waals surface area contributed by atoms with Crippen molar-refractivity contribution in [1.29, 1.82) is 0 Å². The Kier molecular flexibility index (Phi) is 5.74. The van der Waals surface area contributed by atoms with Gasteiger partial charge in [-0.05, 0) is 78.8 Å². The summed E-state index contributed by atoms with van der Waals surface area (Å²) in [5.74, 6) is 0.881. The number of amides is 1. The van der Waals surface area contributed by atoms with E-state index in [4.69, 9.17) is 0 Å². The Hall–Kier alpha value is -2.89. The number of nitrogens with zero attached hydrogens (tertiary/aromatic N) is 4. The summed E-state index contributed by atoms with van der Waals surface area (Å²) in [6.07, 6.45) is 9.56. The molecule has 1 aromatic heterocycles. The molecule has 6 heteroatoms. The van der Waals surface area contributed by atoms with Crippen LogP contribution in [0.5, 0.6) is 5.75 Å². The molecule has 32 heavy (non-hydrogen) atoms. The molecule has 1 N–H and O–H groups in total. The van der Waals surface area contributed by atoms with Gasteiger partial charge in [0.25, 0.3) is 0 Å². The fraction of sp³-hybridized carbons (Fsp3) is 0.500. The number of likely N-dealkylation sites (N-methyl/N-ethyl adjacent to an activating group) is 1. The topological polar surface area (TPSA) is 69.6 Å². The number of phenolic OH excluding ortho intramolecular Hbond substituents is 1. The maximum Gasteiger partial charge on any atom is 0.246 e. The minimum Gasteiger partial charge on any atom is -0.507 e. The van der Waals surface area contributed by atoms with Crippen LogP contribution in [0.4, 0.5) is 5.82 Å². The summed E-state index contributed by atoms with van der Waals surface area (Å²) in [7, 11) is 5.53. The van der Waals surface area contributed by atoms with Crippen molar-refractivity contribution < 1.29 is 9.90 Å². The van der Waals surface area contributed by atoms with Crippen molar-refractivity contribution in [1.82, 2.24) is 15.1 Å². The first-order valence-electron chi connectivity index (χ1n) is 11.4. The van der Waals surface area contributed by atoms with Crippen molar-refractivity contribution in [2.45, 2.75) is 52.0 Å². The molecule has 2 bridgehead atoms. The molecule has 0 saturated heterocycles. The standard InChI is InChI=1S/C26H34N4O2/c1-25-12-13-26(2,17-25)16-19(15-25)30(5)23-10-9-21(27-28-23)20-8-6-18(14-22(20)31)7-11-24(32)29(3)4/h6-11,14,19,31H,12-13,15-17H2,1-5H3/b11-7+/t19?,25-,26+. The quantitative estimate of drug-likeness (QED) is 0.688. The monoisotopic (exact) mass is 434 g/mol. The zero-order chi connectivity index (χ0) is 23.1. The van der Waals surface area contributed by atoms with Crippen LogP contribution < -0.4 is 4.90 Å². The maximum absolute atomic E-state index is 11.7. The van der Waals surface area contributed by atoms with Crippen LogP contribution in [-0.2, 0) is 4.79 Å². The van der Waals surface area contributed by atoms with Gasteiger partial charge in [-0.15, -0.1) is 10.2 Å². The molecule has 2 saturated carbocycles. The molecule has 3 atom stereocenters. The summed E-state index contributed by atoms with van der Waals surface area (Å²) in [6, 6.07) is 9.69. The number of rotatable bonds is 5. The van der Waals surface area contributed by atoms with Gasteiger partial charge in [0.15, 0.2) is 5.82 Å². The smallest absolute Gasteiger partial charge is 0.246 e. The fourth-order valence-electron chi connectivity index (χ4n) is 5.67. The third-order valence-electron chi connectivity index (χ3n) is 7.36. The summed E-state index contributed by atoms with van der Waals surface area (Å²) in [6.45, 7) is 4.87. The van der Waals surface area contributed by atoms with E-state index in [-0.39, 0.29) is 11.7 Å². The summed E-state index contributed by atoms with van der Waals surface area (Å²) in [5.41, 5.74) is 2.89. The van der Waals surface area contributed by atoms with E-state index in [0.29, 0.717) is 28.1 Å². The van der Waals surface area contributed by atoms with E-state index in [0.717, 1.165) is 11.4 Å². The summed E-state index contributed by atoms with van der Waals surface area (Å²) >= 11 is 0. The number of carbonyl (C=O) groups is 1. The van der Waals surface area contributed by atoms with Crippen LogP contribution in [-0.4, -0.2) is 53.3 Å². The van der Waals surface area contributed by atoms with Crippen molar-refractivity contribution in [3.63, 3.8) is 0 Å². The van der Waals surface area contributed by atoms with E-state index < -0.39 is 0 Å². The van der Waals surface area contributed by atoms with Crippen LogP contribution >= 0.6 is 0 Å². The van der Waals surface area contributed by atoms with E-state index in [2.05, 4.69) is 36.0 Å². The summed E-state index contributed by atoms with van der Waals surface area (Å²) in [5, 5.41) is 19.4. The molecule has 1 heterocycles. The molecule has 0 spiro atoms. The van der Waals surface area contributed by atoms with Gasteiger partial charge in [-0.2, -0.15) is 0 Å². The van der Waals surface area contributed by atoms with Crippen LogP contribution in [0.15, 0.2) is 36.4 Å². The minimum atomic E-state index is -0.104. The number of phenols is 1. The highest BCUT2D eigenvalue weighted by Crippen LogP contribution is 2.58. The van der Waals surface area contributed by atoms with Crippen LogP contribution in [0.3, 0.4) is 0 Å². The molecule has 4 rings (SSSR count). The highest BCUT2D eigenvalue weighted by atomic mass is 16.3. The fourth-order valence-corrected chi connectivity index (χ4v) is 5.67. The highest BCUT2D eigenvalue weighted by Gasteiger charge is 2.49. The first kappa shape index (κ1) is 22.3. The summed E-state index contributed by atoms with van der Waals surface area (Å²) < 4.78 is 0. The molecule has 6 nitrogen and oxygen atoms in total. The molecule has 1 aromatic carbocycles. The van der Waals surface area contributed by atoms with Gasteiger partial charge in [0.05, 0.1) is 5.69 Å². The van der Waals surface area contributed by atoms with Gasteiger partial charge in [-0.1, -0.05) is 19.9 Å². The second-order valence-corrected chi connectivity index (χ2v) is 10.6. The Labute approximate surface area is 191 Å². The molecule has 0 aliphatic heterocycles. The van der Waals surface area contributed by atoms with E-state index in [1.165, 1.54) is 43.1 Å². The number of aromatic hydroxyl groups is 1. The highest BCUT2D eigenvalue weighted by molar-refractivity contribution is 5.91. The number of anilines is 1. The van der Waals surface area contributed by atoms with Gasteiger partial charge in [0.2, 0.25) is 5.91 Å². The van der Waals surface area contributed by atoms with Crippen LogP contribution in [0.2, 0.25) is 0 Å². The molecule has 2 fully saturated rings. The second kappa shape index (κ2) is 8.23. The largest absolute Gasteiger partial charge is 0.507 e. The maximum atomic E-state index is 11.7. The number of benzene rings is 1. The molecule has 0 radical (unpaired) electrons. The second-order valence-electron chi connectivity index (χ2n) is 10.6. The Morgan fingerprint density at radius 1 is 1.06 bits per heavy atom. The van der Waals surface area contributed by atoms with Gasteiger partial charge in [0, 0.05) is 38.8 Å². The lowest BCUT2D eigenvalue weighted by atomic mass is 9.68. The van der Waals surface area contributed by atoms with Gasteiger partial charge in [-0.3, -0.25) is 4.79 Å². The van der Waals surface area contributed by atoms with E-state index in [1.807, 2.05) is 24.3 Å². The van der Waals surface area contributed by atoms with Crippen molar-refractivity contribution in [3.8, 4) is 17.0 Å². The van der Waals surface area contributed by atoms with Crippen LogP contribution in [0.25, 0.3) is 17.3 Å². The number of hydrogen-bond acceptors (Lipinski definition) is 5. The first-order chi connectivity index (χ1) is 15.1. The van der Waals surface area contributed by atoms with Crippen molar-refractivity contribution >= 4 is 17.8 Å². The lowest BCUT2D eigenvalue weighted by Crippen LogP contribution is -2.42. The zero-order valence-electron chi connectivity index (χ0n) is 19.8. The molecule has 1 unspecified atom stereocenters. The Morgan fingerprint density at radius 3 is 2.31 bits per heavy atom. The molecular weight excluding hydrogens is 400 g/mol. The van der Waals surface area contributed by atoms with Gasteiger partial charge < -0.3 is 14.9 Å². The molecule has 1 amide bonds. The normalized spacial score (nSPS) is 27.0. The van der Waals surface area contributed by atoms with Gasteiger partial charge in [-0.25, -0.2) is 0 Å². The van der Waals surface area contributed by atoms with Crippen molar-refractivity contribution in [2.75, 3.05) is 26.0 Å². The minimum absolute atomic E-state index is 0.104. The average Bonchev–Trinajstić information content (AvgIpc) is 2.98. The third kappa shape index (κ3) is 4.50. The first-order valence-corrected chi connectivity index (χ1v) is 11.4. The predicted octanol–water partition coefficient (Wildman–Crippen LogP) is 4.75. The molecular formula is C26H34N4O2. The van der Waals surface area contributed by atoms with Crippen molar-refractivity contribution in [2.24, 2.45) is 10.8 Å². The van der Waals surface area contributed by atoms with E-state index in [1.54, 1.807) is 26.2 Å². The summed E-state index contributed by atoms with van der Waals surface area (Å²) in [4.78, 5) is 15.5.